The third kappa shape index (κ3) is 2.99. The number of anilines is 1. The number of pyridine rings is 1. The topological polar surface area (TPSA) is 28.2 Å². The minimum atomic E-state index is 0.887. The zero-order valence-corrected chi connectivity index (χ0v) is 12.0. The van der Waals surface area contributed by atoms with Crippen molar-refractivity contribution in [2.24, 2.45) is 0 Å². The van der Waals surface area contributed by atoms with E-state index in [9.17, 15) is 0 Å². The number of hydrogen-bond donors (Lipinski definition) is 1. The molecule has 1 N–H and O–H groups in total. The molecular weight excluding hydrogens is 246 g/mol. The second kappa shape index (κ2) is 6.06. The first-order chi connectivity index (χ1) is 9.83. The SMILES string of the molecule is CN(Cc1ccccn1)Cc1cccc2c1CCCN2. The average molecular weight is 267 g/mol. The molecule has 0 saturated heterocycles. The van der Waals surface area contributed by atoms with Gasteiger partial charge in [0.25, 0.3) is 0 Å². The van der Waals surface area contributed by atoms with E-state index in [0.717, 1.165) is 25.3 Å². The van der Waals surface area contributed by atoms with Crippen molar-refractivity contribution in [1.29, 1.82) is 0 Å². The molecule has 3 heteroatoms. The molecule has 0 amide bonds. The van der Waals surface area contributed by atoms with Gasteiger partial charge in [-0.2, -0.15) is 0 Å². The quantitative estimate of drug-likeness (QED) is 0.922. The fourth-order valence-electron chi connectivity index (χ4n) is 2.85. The largest absolute Gasteiger partial charge is 0.385 e. The molecule has 1 aromatic carbocycles. The standard InChI is InChI=1S/C17H21N3/c1-20(13-15-7-2-3-10-18-15)12-14-6-4-9-17-16(14)8-5-11-19-17/h2-4,6-7,9-10,19H,5,8,11-13H2,1H3. The maximum atomic E-state index is 4.39. The van der Waals surface area contributed by atoms with Gasteiger partial charge in [-0.1, -0.05) is 18.2 Å². The Hall–Kier alpha value is -1.87. The van der Waals surface area contributed by atoms with Gasteiger partial charge in [0.2, 0.25) is 0 Å². The van der Waals surface area contributed by atoms with Crippen molar-refractivity contribution in [3.05, 3.63) is 59.4 Å². The van der Waals surface area contributed by atoms with Crippen molar-refractivity contribution < 1.29 is 0 Å². The van der Waals surface area contributed by atoms with E-state index < -0.39 is 0 Å². The Morgan fingerprint density at radius 3 is 2.95 bits per heavy atom. The lowest BCUT2D eigenvalue weighted by Crippen LogP contribution is -2.20. The summed E-state index contributed by atoms with van der Waals surface area (Å²) in [5, 5.41) is 3.50. The summed E-state index contributed by atoms with van der Waals surface area (Å²) in [6, 6.07) is 12.7. The molecule has 3 rings (SSSR count). The minimum Gasteiger partial charge on any atom is -0.385 e. The van der Waals surface area contributed by atoms with Gasteiger partial charge in [0.1, 0.15) is 0 Å². The number of hydrogen-bond acceptors (Lipinski definition) is 3. The number of rotatable bonds is 4. The monoisotopic (exact) mass is 267 g/mol. The van der Waals surface area contributed by atoms with E-state index in [1.807, 2.05) is 18.3 Å². The molecule has 1 aliphatic heterocycles. The molecule has 2 heterocycles. The third-order valence-electron chi connectivity index (χ3n) is 3.79. The van der Waals surface area contributed by atoms with Crippen LogP contribution in [-0.4, -0.2) is 23.5 Å². The molecule has 1 aromatic heterocycles. The lowest BCUT2D eigenvalue weighted by molar-refractivity contribution is 0.314. The highest BCUT2D eigenvalue weighted by molar-refractivity contribution is 5.56. The summed E-state index contributed by atoms with van der Waals surface area (Å²) >= 11 is 0. The van der Waals surface area contributed by atoms with Crippen molar-refractivity contribution in [3.8, 4) is 0 Å². The zero-order valence-electron chi connectivity index (χ0n) is 12.0. The summed E-state index contributed by atoms with van der Waals surface area (Å²) in [7, 11) is 2.16. The Kier molecular flexibility index (Phi) is 3.97. The highest BCUT2D eigenvalue weighted by Gasteiger charge is 2.13. The molecule has 3 nitrogen and oxygen atoms in total. The summed E-state index contributed by atoms with van der Waals surface area (Å²) < 4.78 is 0. The van der Waals surface area contributed by atoms with Crippen LogP contribution < -0.4 is 5.32 Å². The molecule has 2 aromatic rings. The van der Waals surface area contributed by atoms with Gasteiger partial charge in [0, 0.05) is 31.5 Å². The predicted octanol–water partition coefficient (Wildman–Crippen LogP) is 3.07. The molecule has 104 valence electrons. The molecular formula is C17H21N3. The van der Waals surface area contributed by atoms with E-state index in [1.165, 1.54) is 29.7 Å². The fraction of sp³-hybridized carbons (Fsp3) is 0.353. The van der Waals surface area contributed by atoms with Crippen LogP contribution in [0.2, 0.25) is 0 Å². The van der Waals surface area contributed by atoms with Crippen LogP contribution in [0.25, 0.3) is 0 Å². The normalized spacial score (nSPS) is 13.9. The first kappa shape index (κ1) is 13.1. The van der Waals surface area contributed by atoms with E-state index in [1.54, 1.807) is 0 Å². The van der Waals surface area contributed by atoms with Crippen LogP contribution in [0.1, 0.15) is 23.2 Å². The van der Waals surface area contributed by atoms with Crippen LogP contribution in [0.5, 0.6) is 0 Å². The summed E-state index contributed by atoms with van der Waals surface area (Å²) in [4.78, 5) is 6.72. The number of benzene rings is 1. The van der Waals surface area contributed by atoms with Crippen LogP contribution in [0.3, 0.4) is 0 Å². The van der Waals surface area contributed by atoms with Gasteiger partial charge in [0.15, 0.2) is 0 Å². The molecule has 0 unspecified atom stereocenters. The van der Waals surface area contributed by atoms with Gasteiger partial charge in [0.05, 0.1) is 5.69 Å². The van der Waals surface area contributed by atoms with Crippen LogP contribution in [0.4, 0.5) is 5.69 Å². The molecule has 1 aliphatic rings. The van der Waals surface area contributed by atoms with Gasteiger partial charge in [-0.15, -0.1) is 0 Å². The molecule has 20 heavy (non-hydrogen) atoms. The van der Waals surface area contributed by atoms with Crippen LogP contribution in [0.15, 0.2) is 42.6 Å². The minimum absolute atomic E-state index is 0.887. The van der Waals surface area contributed by atoms with Crippen LogP contribution in [-0.2, 0) is 19.5 Å². The second-order valence-corrected chi connectivity index (χ2v) is 5.47. The van der Waals surface area contributed by atoms with Crippen molar-refractivity contribution in [2.75, 3.05) is 18.9 Å². The van der Waals surface area contributed by atoms with Crippen molar-refractivity contribution in [3.63, 3.8) is 0 Å². The molecule has 0 radical (unpaired) electrons. The van der Waals surface area contributed by atoms with E-state index >= 15 is 0 Å². The lowest BCUT2D eigenvalue weighted by Gasteiger charge is -2.24. The Labute approximate surface area is 120 Å². The highest BCUT2D eigenvalue weighted by Crippen LogP contribution is 2.26. The zero-order chi connectivity index (χ0) is 13.8. The second-order valence-electron chi connectivity index (χ2n) is 5.47. The number of fused-ring (bicyclic) bond motifs is 1. The van der Waals surface area contributed by atoms with E-state index in [0.29, 0.717) is 0 Å². The lowest BCUT2D eigenvalue weighted by atomic mass is 9.97. The van der Waals surface area contributed by atoms with Gasteiger partial charge >= 0.3 is 0 Å². The van der Waals surface area contributed by atoms with Crippen LogP contribution >= 0.6 is 0 Å². The molecule has 0 saturated carbocycles. The van der Waals surface area contributed by atoms with Crippen molar-refractivity contribution in [1.82, 2.24) is 9.88 Å². The molecule has 0 fully saturated rings. The van der Waals surface area contributed by atoms with Gasteiger partial charge in [-0.05, 0) is 49.2 Å². The highest BCUT2D eigenvalue weighted by atomic mass is 15.1. The van der Waals surface area contributed by atoms with Gasteiger partial charge < -0.3 is 5.32 Å². The molecule has 0 aliphatic carbocycles. The number of aromatic nitrogens is 1. The Morgan fingerprint density at radius 2 is 2.10 bits per heavy atom. The fourth-order valence-corrected chi connectivity index (χ4v) is 2.85. The molecule has 0 bridgehead atoms. The maximum absolute atomic E-state index is 4.39. The molecule has 0 spiro atoms. The Morgan fingerprint density at radius 1 is 1.15 bits per heavy atom. The van der Waals surface area contributed by atoms with Gasteiger partial charge in [-0.3, -0.25) is 9.88 Å². The number of nitrogens with zero attached hydrogens (tertiary/aromatic N) is 2. The van der Waals surface area contributed by atoms with Crippen molar-refractivity contribution >= 4 is 5.69 Å². The first-order valence-corrected chi connectivity index (χ1v) is 7.26. The van der Waals surface area contributed by atoms with E-state index in [-0.39, 0.29) is 0 Å². The number of nitrogens with one attached hydrogen (secondary N) is 1. The Balaban J connectivity index is 1.71. The van der Waals surface area contributed by atoms with Crippen molar-refractivity contribution in [2.45, 2.75) is 25.9 Å². The maximum Gasteiger partial charge on any atom is 0.0543 e. The predicted molar refractivity (Wildman–Crippen MR) is 82.7 cm³/mol. The summed E-state index contributed by atoms with van der Waals surface area (Å²) in [6.45, 7) is 2.96. The average Bonchev–Trinajstić information content (AvgIpc) is 2.48. The third-order valence-corrected chi connectivity index (χ3v) is 3.79. The van der Waals surface area contributed by atoms with Crippen LogP contribution in [0, 0.1) is 0 Å². The Bertz CT molecular complexity index is 566. The van der Waals surface area contributed by atoms with E-state index in [4.69, 9.17) is 0 Å². The van der Waals surface area contributed by atoms with Gasteiger partial charge in [-0.25, -0.2) is 0 Å². The smallest absolute Gasteiger partial charge is 0.0543 e. The summed E-state index contributed by atoms with van der Waals surface area (Å²) in [5.41, 5.74) is 5.37. The summed E-state index contributed by atoms with van der Waals surface area (Å²) in [6.07, 6.45) is 4.28. The first-order valence-electron chi connectivity index (χ1n) is 7.26. The molecule has 0 atom stereocenters. The van der Waals surface area contributed by atoms with E-state index in [2.05, 4.69) is 46.5 Å². The summed E-state index contributed by atoms with van der Waals surface area (Å²) in [5.74, 6) is 0.